The van der Waals surface area contributed by atoms with Crippen molar-refractivity contribution >= 4 is 69.4 Å². The number of hydrogen-bond donors (Lipinski definition) is 2. The fourth-order valence-corrected chi connectivity index (χ4v) is 5.14. The number of amides is 1. The van der Waals surface area contributed by atoms with E-state index in [-0.39, 0.29) is 23.9 Å². The summed E-state index contributed by atoms with van der Waals surface area (Å²) in [5.74, 6) is 1.02. The van der Waals surface area contributed by atoms with Crippen LogP contribution < -0.4 is 15.5 Å². The SMILES string of the molecule is CC(C)C(=O)Nc1ccc(N2C(=S)NC(c3ccccn3)C2c2ccc(-c3ccc(Cl)c(Cl)c3)o2)cc1Cl. The van der Waals surface area contributed by atoms with Gasteiger partial charge < -0.3 is 20.0 Å². The minimum absolute atomic E-state index is 0.114. The summed E-state index contributed by atoms with van der Waals surface area (Å²) in [6.45, 7) is 3.65. The van der Waals surface area contributed by atoms with Crippen LogP contribution in [0.15, 0.2) is 77.3 Å². The predicted molar refractivity (Wildman–Crippen MR) is 157 cm³/mol. The first-order valence-corrected chi connectivity index (χ1v) is 13.4. The molecular weight excluding hydrogens is 563 g/mol. The van der Waals surface area contributed by atoms with Crippen LogP contribution in [-0.2, 0) is 4.79 Å². The van der Waals surface area contributed by atoms with Crippen molar-refractivity contribution in [1.82, 2.24) is 10.3 Å². The molecule has 2 aromatic heterocycles. The highest BCUT2D eigenvalue weighted by molar-refractivity contribution is 7.80. The van der Waals surface area contributed by atoms with Gasteiger partial charge in [-0.2, -0.15) is 0 Å². The molecule has 194 valence electrons. The maximum atomic E-state index is 12.2. The number of hydrogen-bond acceptors (Lipinski definition) is 4. The number of thiocarbonyl (C=S) groups is 1. The molecule has 1 aliphatic heterocycles. The Morgan fingerprint density at radius 2 is 1.84 bits per heavy atom. The van der Waals surface area contributed by atoms with Gasteiger partial charge in [0.1, 0.15) is 17.6 Å². The molecule has 0 spiro atoms. The maximum absolute atomic E-state index is 12.2. The number of benzene rings is 2. The van der Waals surface area contributed by atoms with Gasteiger partial charge in [-0.1, -0.05) is 54.7 Å². The van der Waals surface area contributed by atoms with Crippen LogP contribution in [0, 0.1) is 5.92 Å². The van der Waals surface area contributed by atoms with Crippen molar-refractivity contribution in [3.05, 3.63) is 99.4 Å². The molecule has 0 radical (unpaired) electrons. The van der Waals surface area contributed by atoms with E-state index in [1.165, 1.54) is 0 Å². The van der Waals surface area contributed by atoms with Gasteiger partial charge in [-0.15, -0.1) is 0 Å². The quantitative estimate of drug-likeness (QED) is 0.223. The van der Waals surface area contributed by atoms with Gasteiger partial charge in [-0.3, -0.25) is 9.78 Å². The molecule has 1 fully saturated rings. The van der Waals surface area contributed by atoms with Crippen LogP contribution in [0.3, 0.4) is 0 Å². The molecule has 1 amide bonds. The van der Waals surface area contributed by atoms with Crippen molar-refractivity contribution in [2.45, 2.75) is 25.9 Å². The van der Waals surface area contributed by atoms with Gasteiger partial charge in [-0.05, 0) is 72.9 Å². The van der Waals surface area contributed by atoms with Gasteiger partial charge in [0, 0.05) is 23.4 Å². The molecule has 3 heterocycles. The van der Waals surface area contributed by atoms with E-state index in [4.69, 9.17) is 51.4 Å². The zero-order valence-electron chi connectivity index (χ0n) is 20.4. The number of carbonyl (C=O) groups excluding carboxylic acids is 1. The summed E-state index contributed by atoms with van der Waals surface area (Å²) >= 11 is 24.7. The molecule has 0 saturated carbocycles. The number of furan rings is 1. The summed E-state index contributed by atoms with van der Waals surface area (Å²) in [7, 11) is 0. The van der Waals surface area contributed by atoms with Crippen molar-refractivity contribution in [2.24, 2.45) is 5.92 Å². The molecule has 1 saturated heterocycles. The molecule has 6 nitrogen and oxygen atoms in total. The van der Waals surface area contributed by atoms with E-state index in [1.807, 2.05) is 61.2 Å². The normalized spacial score (nSPS) is 17.1. The zero-order chi connectivity index (χ0) is 27.0. The topological polar surface area (TPSA) is 70.4 Å². The van der Waals surface area contributed by atoms with Crippen molar-refractivity contribution in [3.63, 3.8) is 0 Å². The summed E-state index contributed by atoms with van der Waals surface area (Å²) in [4.78, 5) is 18.7. The molecule has 2 unspecified atom stereocenters. The molecule has 0 bridgehead atoms. The molecule has 1 aliphatic rings. The Morgan fingerprint density at radius 1 is 1.03 bits per heavy atom. The van der Waals surface area contributed by atoms with E-state index in [1.54, 1.807) is 30.5 Å². The molecule has 2 atom stereocenters. The average molecular weight is 586 g/mol. The summed E-state index contributed by atoms with van der Waals surface area (Å²) in [5, 5.41) is 8.06. The number of halogens is 3. The van der Waals surface area contributed by atoms with Crippen LogP contribution >= 0.6 is 47.0 Å². The Bertz CT molecular complexity index is 1510. The molecular formula is C28H23Cl3N4O2S. The van der Waals surface area contributed by atoms with Crippen LogP contribution in [0.5, 0.6) is 0 Å². The first-order valence-electron chi connectivity index (χ1n) is 11.9. The number of nitrogens with one attached hydrogen (secondary N) is 2. The molecule has 2 N–H and O–H groups in total. The van der Waals surface area contributed by atoms with Crippen LogP contribution in [0.25, 0.3) is 11.3 Å². The Kier molecular flexibility index (Phi) is 7.63. The smallest absolute Gasteiger partial charge is 0.226 e. The summed E-state index contributed by atoms with van der Waals surface area (Å²) in [5.41, 5.74) is 2.88. The van der Waals surface area contributed by atoms with Crippen molar-refractivity contribution in [2.75, 3.05) is 10.2 Å². The van der Waals surface area contributed by atoms with Gasteiger partial charge in [0.2, 0.25) is 5.91 Å². The number of aromatic nitrogens is 1. The molecule has 10 heteroatoms. The number of anilines is 2. The average Bonchev–Trinajstić information content (AvgIpc) is 3.52. The second-order valence-electron chi connectivity index (χ2n) is 9.14. The lowest BCUT2D eigenvalue weighted by Crippen LogP contribution is -2.29. The molecule has 2 aromatic carbocycles. The second kappa shape index (κ2) is 10.9. The number of pyridine rings is 1. The maximum Gasteiger partial charge on any atom is 0.226 e. The highest BCUT2D eigenvalue weighted by Gasteiger charge is 2.42. The van der Waals surface area contributed by atoms with Crippen molar-refractivity contribution < 1.29 is 9.21 Å². The van der Waals surface area contributed by atoms with Crippen LogP contribution in [-0.4, -0.2) is 16.0 Å². The zero-order valence-corrected chi connectivity index (χ0v) is 23.5. The Labute approximate surface area is 240 Å². The third-order valence-electron chi connectivity index (χ3n) is 6.23. The Balaban J connectivity index is 1.55. The Morgan fingerprint density at radius 3 is 2.53 bits per heavy atom. The highest BCUT2D eigenvalue weighted by atomic mass is 35.5. The fourth-order valence-electron chi connectivity index (χ4n) is 4.27. The standard InChI is InChI=1S/C28H23Cl3N4O2S/c1-15(2)27(36)33-21-9-7-17(14-20(21)31)35-26(25(34-28(35)38)22-5-3-4-12-32-22)24-11-10-23(37-24)16-6-8-18(29)19(30)13-16/h3-15,25-26H,1-2H3,(H,33,36)(H,34,38). The number of nitrogens with zero attached hydrogens (tertiary/aromatic N) is 2. The summed E-state index contributed by atoms with van der Waals surface area (Å²) in [6, 6.07) is 19.6. The third kappa shape index (κ3) is 5.24. The molecule has 38 heavy (non-hydrogen) atoms. The van der Waals surface area contributed by atoms with Crippen LogP contribution in [0.1, 0.15) is 37.4 Å². The number of rotatable bonds is 6. The van der Waals surface area contributed by atoms with Crippen LogP contribution in [0.4, 0.5) is 11.4 Å². The highest BCUT2D eigenvalue weighted by Crippen LogP contribution is 2.44. The van der Waals surface area contributed by atoms with E-state index < -0.39 is 0 Å². The molecule has 0 aliphatic carbocycles. The largest absolute Gasteiger partial charge is 0.459 e. The predicted octanol–water partition coefficient (Wildman–Crippen LogP) is 8.07. The molecule has 4 aromatic rings. The van der Waals surface area contributed by atoms with E-state index in [0.717, 1.165) is 16.9 Å². The lowest BCUT2D eigenvalue weighted by Gasteiger charge is -2.26. The van der Waals surface area contributed by atoms with Gasteiger partial charge in [0.15, 0.2) is 5.11 Å². The second-order valence-corrected chi connectivity index (χ2v) is 10.7. The summed E-state index contributed by atoms with van der Waals surface area (Å²) in [6.07, 6.45) is 1.74. The fraction of sp³-hybridized carbons (Fsp3) is 0.179. The third-order valence-corrected chi connectivity index (χ3v) is 7.60. The van der Waals surface area contributed by atoms with E-state index in [9.17, 15) is 4.79 Å². The van der Waals surface area contributed by atoms with Gasteiger partial charge in [0.25, 0.3) is 0 Å². The number of carbonyl (C=O) groups is 1. The van der Waals surface area contributed by atoms with E-state index in [0.29, 0.717) is 37.4 Å². The summed E-state index contributed by atoms with van der Waals surface area (Å²) < 4.78 is 6.37. The lowest BCUT2D eigenvalue weighted by atomic mass is 10.0. The Hall–Kier alpha value is -3.10. The van der Waals surface area contributed by atoms with Gasteiger partial charge >= 0.3 is 0 Å². The van der Waals surface area contributed by atoms with E-state index in [2.05, 4.69) is 15.6 Å². The molecule has 5 rings (SSSR count). The monoisotopic (exact) mass is 584 g/mol. The minimum Gasteiger partial charge on any atom is -0.459 e. The van der Waals surface area contributed by atoms with Crippen molar-refractivity contribution in [1.29, 1.82) is 0 Å². The van der Waals surface area contributed by atoms with Gasteiger partial charge in [-0.25, -0.2) is 0 Å². The minimum atomic E-state index is -0.374. The van der Waals surface area contributed by atoms with Crippen molar-refractivity contribution in [3.8, 4) is 11.3 Å². The lowest BCUT2D eigenvalue weighted by molar-refractivity contribution is -0.118. The van der Waals surface area contributed by atoms with Gasteiger partial charge in [0.05, 0.1) is 32.5 Å². The van der Waals surface area contributed by atoms with E-state index >= 15 is 0 Å². The first kappa shape index (κ1) is 26.5. The first-order chi connectivity index (χ1) is 18.2. The van der Waals surface area contributed by atoms with Crippen LogP contribution in [0.2, 0.25) is 15.1 Å².